The number of hydrogen-bond donors (Lipinski definition) is 13. The quantitative estimate of drug-likeness (QED) is 0.0652. The number of hydrogen-bond acceptors (Lipinski definition) is 17. The first kappa shape index (κ1) is 61.9. The molecule has 14 unspecified atom stereocenters. The minimum absolute atomic E-state index is 0.00563. The van der Waals surface area contributed by atoms with Gasteiger partial charge in [-0.1, -0.05) is 70.9 Å². The maximum atomic E-state index is 14.4. The van der Waals surface area contributed by atoms with Crippen LogP contribution < -0.4 is 31.3 Å². The molecule has 5 rings (SSSR count). The van der Waals surface area contributed by atoms with Gasteiger partial charge in [-0.2, -0.15) is 0 Å². The van der Waals surface area contributed by atoms with Gasteiger partial charge < -0.3 is 86.7 Å². The number of nitrogens with zero attached hydrogens (tertiary/aromatic N) is 2. The molecule has 3 aliphatic heterocycles. The second-order valence-electron chi connectivity index (χ2n) is 20.4. The minimum Gasteiger partial charge on any atom is -0.508 e. The lowest BCUT2D eigenvalue weighted by Gasteiger charge is -2.33. The molecule has 7 amide bonds. The van der Waals surface area contributed by atoms with Gasteiger partial charge in [-0.3, -0.25) is 33.6 Å². The molecule has 13 N–H and O–H groups in total. The summed E-state index contributed by atoms with van der Waals surface area (Å²) in [5, 5.41) is 99.7. The highest BCUT2D eigenvalue weighted by Crippen LogP contribution is 2.27. The summed E-state index contributed by atoms with van der Waals surface area (Å²) in [6.45, 7) is 6.24. The average Bonchev–Trinajstić information content (AvgIpc) is 3.95. The summed E-state index contributed by atoms with van der Waals surface area (Å²) in [5.41, 5.74) is 0.361. The van der Waals surface area contributed by atoms with Crippen molar-refractivity contribution in [2.75, 3.05) is 32.9 Å². The summed E-state index contributed by atoms with van der Waals surface area (Å²) in [6.07, 6.45) is -4.88. The Morgan fingerprint density at radius 2 is 1.26 bits per heavy atom. The fourth-order valence-corrected chi connectivity index (χ4v) is 9.60. The van der Waals surface area contributed by atoms with Crippen molar-refractivity contribution in [3.8, 4) is 11.5 Å². The van der Waals surface area contributed by atoms with E-state index in [0.29, 0.717) is 24.5 Å². The molecule has 3 aliphatic rings. The molecule has 24 nitrogen and oxygen atoms in total. The monoisotopic (exact) mass is 1090 g/mol. The van der Waals surface area contributed by atoms with Crippen LogP contribution in [-0.2, 0) is 39.9 Å². The maximum absolute atomic E-state index is 14.4. The fourth-order valence-electron chi connectivity index (χ4n) is 9.60. The van der Waals surface area contributed by atoms with E-state index in [0.717, 1.165) is 42.9 Å². The number of rotatable bonds is 20. The van der Waals surface area contributed by atoms with Crippen LogP contribution in [0.3, 0.4) is 0 Å². The van der Waals surface area contributed by atoms with Crippen LogP contribution in [0.1, 0.15) is 108 Å². The SMILES string of the molecule is CCCCCCCCCCOCCOc1ccc(C(=O)NC2CC(O)C(O)NC(=O)C3C(O)C(C)CN3C(=O)C(C(C)O)NC(=O)C(C(O)Cc3ccc(O)cc3)NC(=O)C3CC(O)CN3C(=O)C(C(C)O)NC2=O)cc1. The van der Waals surface area contributed by atoms with E-state index in [1.807, 2.05) is 0 Å². The summed E-state index contributed by atoms with van der Waals surface area (Å²) in [7, 11) is 0. The average molecular weight is 1090 g/mol. The lowest BCUT2D eigenvalue weighted by Crippen LogP contribution is -2.64. The summed E-state index contributed by atoms with van der Waals surface area (Å²) in [6, 6.07) is 0.169. The van der Waals surface area contributed by atoms with E-state index in [1.165, 1.54) is 87.6 Å². The van der Waals surface area contributed by atoms with Crippen molar-refractivity contribution in [3.05, 3.63) is 59.7 Å². The number of aliphatic hydroxyl groups excluding tert-OH is 7. The van der Waals surface area contributed by atoms with E-state index < -0.39 is 146 Å². The topological polar surface area (TPSA) is 366 Å². The number of unbranched alkanes of at least 4 members (excludes halogenated alkanes) is 7. The van der Waals surface area contributed by atoms with Crippen molar-refractivity contribution in [2.45, 2.75) is 177 Å². The third-order valence-corrected chi connectivity index (χ3v) is 14.1. The van der Waals surface area contributed by atoms with Gasteiger partial charge in [0.1, 0.15) is 60.5 Å². The number of carbonyl (C=O) groups excluding carboxylic acids is 7. The highest BCUT2D eigenvalue weighted by atomic mass is 16.5. The largest absolute Gasteiger partial charge is 0.508 e. The summed E-state index contributed by atoms with van der Waals surface area (Å²) in [5.74, 6) is -8.45. The Morgan fingerprint density at radius 3 is 1.88 bits per heavy atom. The van der Waals surface area contributed by atoms with Crippen LogP contribution in [-0.4, -0.2) is 204 Å². The van der Waals surface area contributed by atoms with Gasteiger partial charge in [-0.15, -0.1) is 0 Å². The van der Waals surface area contributed by atoms with Gasteiger partial charge in [0.05, 0.1) is 37.1 Å². The predicted octanol–water partition coefficient (Wildman–Crippen LogP) is -1.78. The maximum Gasteiger partial charge on any atom is 0.251 e. The molecule has 0 bridgehead atoms. The highest BCUT2D eigenvalue weighted by molar-refractivity contribution is 6.00. The van der Waals surface area contributed by atoms with Crippen molar-refractivity contribution < 1.29 is 83.9 Å². The molecular formula is C53H79N7O17. The van der Waals surface area contributed by atoms with Gasteiger partial charge in [0.2, 0.25) is 35.4 Å². The molecule has 24 heteroatoms. The summed E-state index contributed by atoms with van der Waals surface area (Å²) < 4.78 is 11.5. The number of carbonyl (C=O) groups is 7. The van der Waals surface area contributed by atoms with E-state index in [2.05, 4.69) is 33.5 Å². The van der Waals surface area contributed by atoms with Crippen LogP contribution in [0.15, 0.2) is 48.5 Å². The summed E-state index contributed by atoms with van der Waals surface area (Å²) >= 11 is 0. The van der Waals surface area contributed by atoms with Gasteiger partial charge in [0.25, 0.3) is 5.91 Å². The molecule has 3 saturated heterocycles. The Morgan fingerprint density at radius 1 is 0.675 bits per heavy atom. The Balaban J connectivity index is 1.41. The van der Waals surface area contributed by atoms with E-state index in [4.69, 9.17) is 9.47 Å². The van der Waals surface area contributed by atoms with Gasteiger partial charge in [-0.05, 0) is 62.2 Å². The van der Waals surface area contributed by atoms with E-state index in [1.54, 1.807) is 0 Å². The number of benzene rings is 2. The molecule has 3 heterocycles. The highest BCUT2D eigenvalue weighted by Gasteiger charge is 2.50. The molecule has 0 aromatic heterocycles. The Kier molecular flexibility index (Phi) is 23.8. The molecule has 77 heavy (non-hydrogen) atoms. The Hall–Kier alpha value is -5.99. The van der Waals surface area contributed by atoms with Crippen LogP contribution in [0.4, 0.5) is 0 Å². The van der Waals surface area contributed by atoms with E-state index in [-0.39, 0.29) is 30.9 Å². The van der Waals surface area contributed by atoms with Crippen LogP contribution in [0.2, 0.25) is 0 Å². The van der Waals surface area contributed by atoms with Crippen LogP contribution in [0, 0.1) is 5.92 Å². The van der Waals surface area contributed by atoms with Crippen LogP contribution >= 0.6 is 0 Å². The third-order valence-electron chi connectivity index (χ3n) is 14.1. The molecule has 2 aromatic carbocycles. The lowest BCUT2D eigenvalue weighted by atomic mass is 9.99. The second-order valence-corrected chi connectivity index (χ2v) is 20.4. The molecular weight excluding hydrogens is 1010 g/mol. The molecule has 0 radical (unpaired) electrons. The third kappa shape index (κ3) is 17.5. The standard InChI is InChI=1S/C53H79N7O17/c1-5-6-7-8-9-10-11-12-21-76-22-23-77-36-19-15-33(16-20-36)46(68)54-37-26-40(66)49(71)58-51(73)44-45(67)29(2)27-60(44)53(75)42(31(4)62)56-50(72)43(39(65)24-32-13-17-34(63)18-14-32)57-48(70)38-25-35(64)28-59(38)52(74)41(30(3)61)55-47(37)69/h13-20,29-31,35,37-45,49,61-67,71H,5-12,21-28H2,1-4H3,(H,54,68)(H,55,69)(H,56,72)(H,57,70)(H,58,73). The fraction of sp³-hybridized carbons (Fsp3) is 0.642. The number of phenolic OH excluding ortho intramolecular Hbond substituents is 1. The van der Waals surface area contributed by atoms with Crippen molar-refractivity contribution in [1.29, 1.82) is 0 Å². The van der Waals surface area contributed by atoms with Crippen LogP contribution in [0.5, 0.6) is 11.5 Å². The van der Waals surface area contributed by atoms with Crippen LogP contribution in [0.25, 0.3) is 0 Å². The smallest absolute Gasteiger partial charge is 0.251 e. The minimum atomic E-state index is -2.26. The predicted molar refractivity (Wildman–Crippen MR) is 275 cm³/mol. The molecule has 428 valence electrons. The van der Waals surface area contributed by atoms with E-state index in [9.17, 15) is 74.4 Å². The number of fused-ring (bicyclic) bond motifs is 2. The number of amides is 7. The zero-order chi connectivity index (χ0) is 56.5. The van der Waals surface area contributed by atoms with Gasteiger partial charge in [0.15, 0.2) is 6.23 Å². The molecule has 0 spiro atoms. The molecule has 3 fully saturated rings. The van der Waals surface area contributed by atoms with E-state index >= 15 is 0 Å². The normalized spacial score (nSPS) is 28.2. The second kappa shape index (κ2) is 29.7. The van der Waals surface area contributed by atoms with Gasteiger partial charge >= 0.3 is 0 Å². The Bertz CT molecular complexity index is 2270. The molecule has 0 saturated carbocycles. The first-order chi connectivity index (χ1) is 36.6. The first-order valence-electron chi connectivity index (χ1n) is 26.6. The number of nitrogens with one attached hydrogen (secondary N) is 5. The zero-order valence-electron chi connectivity index (χ0n) is 44.2. The number of ether oxygens (including phenoxy) is 2. The van der Waals surface area contributed by atoms with Crippen molar-refractivity contribution in [1.82, 2.24) is 36.4 Å². The van der Waals surface area contributed by atoms with Crippen molar-refractivity contribution in [2.24, 2.45) is 5.92 Å². The van der Waals surface area contributed by atoms with Crippen molar-refractivity contribution in [3.63, 3.8) is 0 Å². The lowest BCUT2D eigenvalue weighted by molar-refractivity contribution is -0.148. The molecule has 0 aliphatic carbocycles. The van der Waals surface area contributed by atoms with Gasteiger partial charge in [0, 0.05) is 50.4 Å². The summed E-state index contributed by atoms with van der Waals surface area (Å²) in [4.78, 5) is 101. The zero-order valence-corrected chi connectivity index (χ0v) is 44.2. The Labute approximate surface area is 447 Å². The van der Waals surface area contributed by atoms with Gasteiger partial charge in [-0.25, -0.2) is 0 Å². The number of phenols is 1. The number of aromatic hydroxyl groups is 1. The molecule has 2 aromatic rings. The number of aliphatic hydroxyl groups is 7. The molecule has 14 atom stereocenters. The first-order valence-corrected chi connectivity index (χ1v) is 26.6. The van der Waals surface area contributed by atoms with Crippen molar-refractivity contribution >= 4 is 41.4 Å².